The van der Waals surface area contributed by atoms with Crippen molar-refractivity contribution in [2.75, 3.05) is 7.05 Å². The second kappa shape index (κ2) is 7.04. The number of allylic oxidation sites excluding steroid dienone is 1. The number of aliphatic carboxylic acids is 1. The molecule has 1 amide bonds. The van der Waals surface area contributed by atoms with Gasteiger partial charge in [0.25, 0.3) is 0 Å². The standard InChI is InChI=1S/C12H21NO3/c1-5-6-11(13(4)8-14)10(12(15)16)7-9(2)3/h8,10-11H,2,5-7H2,1,3-4H3,(H,15,16). The van der Waals surface area contributed by atoms with E-state index in [-0.39, 0.29) is 6.04 Å². The first-order valence-electron chi connectivity index (χ1n) is 5.48. The Balaban J connectivity index is 4.84. The van der Waals surface area contributed by atoms with Crippen molar-refractivity contribution in [1.82, 2.24) is 4.90 Å². The van der Waals surface area contributed by atoms with Gasteiger partial charge in [-0.2, -0.15) is 0 Å². The molecule has 0 saturated heterocycles. The van der Waals surface area contributed by atoms with Gasteiger partial charge >= 0.3 is 5.97 Å². The molecule has 0 aromatic rings. The molecule has 1 N–H and O–H groups in total. The highest BCUT2D eigenvalue weighted by Gasteiger charge is 2.29. The first-order chi connectivity index (χ1) is 7.43. The van der Waals surface area contributed by atoms with Gasteiger partial charge in [-0.3, -0.25) is 9.59 Å². The van der Waals surface area contributed by atoms with Crippen LogP contribution in [0.5, 0.6) is 0 Å². The third-order valence-electron chi connectivity index (χ3n) is 2.62. The topological polar surface area (TPSA) is 57.6 Å². The third kappa shape index (κ3) is 4.47. The van der Waals surface area contributed by atoms with Gasteiger partial charge in [0, 0.05) is 13.1 Å². The minimum atomic E-state index is -0.866. The van der Waals surface area contributed by atoms with Crippen molar-refractivity contribution in [1.29, 1.82) is 0 Å². The molecule has 0 spiro atoms. The number of carboxylic acid groups (broad SMARTS) is 1. The second-order valence-corrected chi connectivity index (χ2v) is 4.23. The maximum atomic E-state index is 11.2. The van der Waals surface area contributed by atoms with Crippen LogP contribution in [0.1, 0.15) is 33.1 Å². The maximum Gasteiger partial charge on any atom is 0.308 e. The van der Waals surface area contributed by atoms with E-state index in [1.807, 2.05) is 6.92 Å². The van der Waals surface area contributed by atoms with Crippen molar-refractivity contribution in [3.8, 4) is 0 Å². The summed E-state index contributed by atoms with van der Waals surface area (Å²) < 4.78 is 0. The van der Waals surface area contributed by atoms with Crippen LogP contribution in [0.25, 0.3) is 0 Å². The molecular formula is C12H21NO3. The molecule has 2 unspecified atom stereocenters. The van der Waals surface area contributed by atoms with E-state index in [1.165, 1.54) is 4.90 Å². The van der Waals surface area contributed by atoms with E-state index in [9.17, 15) is 14.7 Å². The fourth-order valence-electron chi connectivity index (χ4n) is 1.83. The SMILES string of the molecule is C=C(C)CC(C(=O)O)C(CCC)N(C)C=O. The van der Waals surface area contributed by atoms with Crippen LogP contribution >= 0.6 is 0 Å². The Morgan fingerprint density at radius 3 is 2.44 bits per heavy atom. The Labute approximate surface area is 96.9 Å². The molecule has 0 fully saturated rings. The minimum Gasteiger partial charge on any atom is -0.481 e. The summed E-state index contributed by atoms with van der Waals surface area (Å²) in [7, 11) is 1.63. The van der Waals surface area contributed by atoms with Crippen LogP contribution in [0.4, 0.5) is 0 Å². The highest BCUT2D eigenvalue weighted by molar-refractivity contribution is 5.72. The first kappa shape index (κ1) is 14.7. The summed E-state index contributed by atoms with van der Waals surface area (Å²) >= 11 is 0. The van der Waals surface area contributed by atoms with Crippen LogP contribution in [0.15, 0.2) is 12.2 Å². The van der Waals surface area contributed by atoms with E-state index in [4.69, 9.17) is 0 Å². The molecule has 0 aliphatic carbocycles. The van der Waals surface area contributed by atoms with Crippen molar-refractivity contribution >= 4 is 12.4 Å². The maximum absolute atomic E-state index is 11.2. The molecule has 4 heteroatoms. The lowest BCUT2D eigenvalue weighted by molar-refractivity contribution is -0.144. The largest absolute Gasteiger partial charge is 0.481 e. The summed E-state index contributed by atoms with van der Waals surface area (Å²) in [5, 5.41) is 9.18. The predicted octanol–water partition coefficient (Wildman–Crippen LogP) is 1.91. The highest BCUT2D eigenvalue weighted by atomic mass is 16.4. The van der Waals surface area contributed by atoms with Gasteiger partial charge in [-0.15, -0.1) is 6.58 Å². The third-order valence-corrected chi connectivity index (χ3v) is 2.62. The zero-order valence-electron chi connectivity index (χ0n) is 10.3. The lowest BCUT2D eigenvalue weighted by Gasteiger charge is -2.30. The van der Waals surface area contributed by atoms with Gasteiger partial charge < -0.3 is 10.0 Å². The van der Waals surface area contributed by atoms with E-state index < -0.39 is 11.9 Å². The summed E-state index contributed by atoms with van der Waals surface area (Å²) in [5.74, 6) is -1.43. The lowest BCUT2D eigenvalue weighted by atomic mass is 9.89. The molecule has 92 valence electrons. The average Bonchev–Trinajstić information content (AvgIpc) is 2.21. The van der Waals surface area contributed by atoms with Crippen molar-refractivity contribution in [2.24, 2.45) is 5.92 Å². The number of carbonyl (C=O) groups is 2. The summed E-state index contributed by atoms with van der Waals surface area (Å²) in [6.45, 7) is 7.52. The van der Waals surface area contributed by atoms with Crippen molar-refractivity contribution in [2.45, 2.75) is 39.2 Å². The molecule has 4 nitrogen and oxygen atoms in total. The molecule has 16 heavy (non-hydrogen) atoms. The number of rotatable bonds is 8. The number of carboxylic acids is 1. The molecule has 0 aromatic heterocycles. The predicted molar refractivity (Wildman–Crippen MR) is 63.1 cm³/mol. The highest BCUT2D eigenvalue weighted by Crippen LogP contribution is 2.21. The normalized spacial score (nSPS) is 13.9. The Hall–Kier alpha value is -1.32. The Kier molecular flexibility index (Phi) is 6.46. The van der Waals surface area contributed by atoms with Gasteiger partial charge in [0.05, 0.1) is 5.92 Å². The quantitative estimate of drug-likeness (QED) is 0.509. The molecule has 0 radical (unpaired) electrons. The van der Waals surface area contributed by atoms with Gasteiger partial charge in [-0.25, -0.2) is 0 Å². The fraction of sp³-hybridized carbons (Fsp3) is 0.667. The van der Waals surface area contributed by atoms with Crippen LogP contribution in [0.2, 0.25) is 0 Å². The van der Waals surface area contributed by atoms with Gasteiger partial charge in [-0.1, -0.05) is 18.9 Å². The van der Waals surface area contributed by atoms with Crippen molar-refractivity contribution in [3.63, 3.8) is 0 Å². The summed E-state index contributed by atoms with van der Waals surface area (Å²) in [5.41, 5.74) is 0.827. The Morgan fingerprint density at radius 2 is 2.12 bits per heavy atom. The van der Waals surface area contributed by atoms with E-state index in [0.29, 0.717) is 19.3 Å². The molecule has 0 heterocycles. The Morgan fingerprint density at radius 1 is 1.56 bits per heavy atom. The summed E-state index contributed by atoms with van der Waals surface area (Å²) in [4.78, 5) is 23.4. The monoisotopic (exact) mass is 227 g/mol. The van der Waals surface area contributed by atoms with Gasteiger partial charge in [-0.05, 0) is 19.8 Å². The van der Waals surface area contributed by atoms with Crippen LogP contribution in [-0.2, 0) is 9.59 Å². The molecule has 2 atom stereocenters. The number of hydrogen-bond donors (Lipinski definition) is 1. The number of amides is 1. The van der Waals surface area contributed by atoms with Crippen LogP contribution < -0.4 is 0 Å². The zero-order valence-corrected chi connectivity index (χ0v) is 10.3. The van der Waals surface area contributed by atoms with Gasteiger partial charge in [0.1, 0.15) is 0 Å². The van der Waals surface area contributed by atoms with E-state index in [2.05, 4.69) is 6.58 Å². The molecule has 0 aromatic carbocycles. The molecular weight excluding hydrogens is 206 g/mol. The van der Waals surface area contributed by atoms with E-state index in [1.54, 1.807) is 14.0 Å². The summed E-state index contributed by atoms with van der Waals surface area (Å²) in [6, 6.07) is -0.253. The number of hydrogen-bond acceptors (Lipinski definition) is 2. The first-order valence-corrected chi connectivity index (χ1v) is 5.48. The number of nitrogens with zero attached hydrogens (tertiary/aromatic N) is 1. The number of carbonyl (C=O) groups excluding carboxylic acids is 1. The summed E-state index contributed by atoms with van der Waals surface area (Å²) in [6.07, 6.45) is 2.65. The molecule has 0 rings (SSSR count). The van der Waals surface area contributed by atoms with Crippen molar-refractivity contribution in [3.05, 3.63) is 12.2 Å². The lowest BCUT2D eigenvalue weighted by Crippen LogP contribution is -2.40. The zero-order chi connectivity index (χ0) is 12.7. The molecule has 0 aliphatic rings. The van der Waals surface area contributed by atoms with Crippen LogP contribution in [-0.4, -0.2) is 35.5 Å². The Bertz CT molecular complexity index is 263. The minimum absolute atomic E-state index is 0.253. The van der Waals surface area contributed by atoms with Crippen LogP contribution in [0.3, 0.4) is 0 Å². The van der Waals surface area contributed by atoms with Crippen molar-refractivity contribution < 1.29 is 14.7 Å². The molecule has 0 aliphatic heterocycles. The van der Waals surface area contributed by atoms with E-state index in [0.717, 1.165) is 12.0 Å². The average molecular weight is 227 g/mol. The second-order valence-electron chi connectivity index (χ2n) is 4.23. The van der Waals surface area contributed by atoms with E-state index >= 15 is 0 Å². The fourth-order valence-corrected chi connectivity index (χ4v) is 1.83. The van der Waals surface area contributed by atoms with Gasteiger partial charge in [0.15, 0.2) is 0 Å². The molecule has 0 bridgehead atoms. The van der Waals surface area contributed by atoms with Gasteiger partial charge in [0.2, 0.25) is 6.41 Å². The van der Waals surface area contributed by atoms with Crippen LogP contribution in [0, 0.1) is 5.92 Å². The smallest absolute Gasteiger partial charge is 0.308 e. The molecule has 0 saturated carbocycles.